The second kappa shape index (κ2) is 8.95. The van der Waals surface area contributed by atoms with E-state index in [4.69, 9.17) is 4.74 Å². The molecule has 6 nitrogen and oxygen atoms in total. The van der Waals surface area contributed by atoms with Crippen LogP contribution in [0.3, 0.4) is 0 Å². The molecule has 2 aromatic rings. The minimum Gasteiger partial charge on any atom is -0.368 e. The molecule has 9 heteroatoms. The zero-order valence-corrected chi connectivity index (χ0v) is 15.4. The summed E-state index contributed by atoms with van der Waals surface area (Å²) < 4.78 is 43.0. The smallest absolute Gasteiger partial charge is 0.368 e. The fourth-order valence-corrected chi connectivity index (χ4v) is 2.87. The van der Waals surface area contributed by atoms with E-state index in [-0.39, 0.29) is 18.1 Å². The number of carbonyl (C=O) groups excluding carboxylic acids is 2. The number of hydrogen-bond donors (Lipinski definition) is 3. The molecule has 154 valence electrons. The molecule has 1 aliphatic rings. The number of urea groups is 1. The number of halogens is 3. The highest BCUT2D eigenvalue weighted by molar-refractivity contribution is 5.94. The van der Waals surface area contributed by atoms with Crippen LogP contribution in [0.4, 0.5) is 29.3 Å². The number of rotatable bonds is 5. The first-order valence-corrected chi connectivity index (χ1v) is 9.05. The molecule has 0 radical (unpaired) electrons. The van der Waals surface area contributed by atoms with Crippen LogP contribution in [0.1, 0.15) is 24.0 Å². The van der Waals surface area contributed by atoms with E-state index in [0.717, 1.165) is 24.1 Å². The Balaban J connectivity index is 1.50. The van der Waals surface area contributed by atoms with Crippen molar-refractivity contribution >= 4 is 23.3 Å². The van der Waals surface area contributed by atoms with Crippen molar-refractivity contribution in [2.24, 2.45) is 0 Å². The van der Waals surface area contributed by atoms with Crippen molar-refractivity contribution in [2.75, 3.05) is 17.2 Å². The predicted octanol–water partition coefficient (Wildman–Crippen LogP) is 4.14. The Labute approximate surface area is 165 Å². The fourth-order valence-electron chi connectivity index (χ4n) is 2.87. The molecular weight excluding hydrogens is 387 g/mol. The van der Waals surface area contributed by atoms with Crippen LogP contribution in [0.2, 0.25) is 0 Å². The van der Waals surface area contributed by atoms with Crippen LogP contribution in [-0.2, 0) is 22.3 Å². The van der Waals surface area contributed by atoms with Crippen molar-refractivity contribution in [2.45, 2.75) is 31.7 Å². The van der Waals surface area contributed by atoms with Gasteiger partial charge in [-0.1, -0.05) is 12.1 Å². The van der Waals surface area contributed by atoms with Gasteiger partial charge in [0.2, 0.25) is 0 Å². The molecule has 0 bridgehead atoms. The van der Waals surface area contributed by atoms with Crippen LogP contribution in [0.15, 0.2) is 48.5 Å². The zero-order chi connectivity index (χ0) is 20.9. The summed E-state index contributed by atoms with van der Waals surface area (Å²) in [4.78, 5) is 24.1. The number of hydrogen-bond acceptors (Lipinski definition) is 3. The van der Waals surface area contributed by atoms with E-state index in [9.17, 15) is 22.8 Å². The second-order valence-corrected chi connectivity index (χ2v) is 6.57. The van der Waals surface area contributed by atoms with Gasteiger partial charge in [-0.3, -0.25) is 4.79 Å². The number of alkyl halides is 3. The molecule has 1 atom stereocenters. The quantitative estimate of drug-likeness (QED) is 0.697. The summed E-state index contributed by atoms with van der Waals surface area (Å²) in [6, 6.07) is 10.6. The van der Waals surface area contributed by atoms with Gasteiger partial charge in [0.1, 0.15) is 6.10 Å². The minimum atomic E-state index is -4.43. The average molecular weight is 407 g/mol. The van der Waals surface area contributed by atoms with Gasteiger partial charge in [-0.15, -0.1) is 0 Å². The third kappa shape index (κ3) is 5.95. The first-order valence-electron chi connectivity index (χ1n) is 9.05. The SMILES string of the molecule is O=C(NCc1cccc(NC(=O)C2CCCO2)c1)Nc1ccc(C(F)(F)F)cc1. The molecule has 3 N–H and O–H groups in total. The third-order valence-corrected chi connectivity index (χ3v) is 4.34. The molecule has 0 aliphatic carbocycles. The van der Waals surface area contributed by atoms with Crippen LogP contribution in [0, 0.1) is 0 Å². The first-order chi connectivity index (χ1) is 13.8. The largest absolute Gasteiger partial charge is 0.416 e. The number of nitrogens with one attached hydrogen (secondary N) is 3. The van der Waals surface area contributed by atoms with Crippen LogP contribution in [0.25, 0.3) is 0 Å². The Morgan fingerprint density at radius 1 is 1.03 bits per heavy atom. The molecule has 1 unspecified atom stereocenters. The lowest BCUT2D eigenvalue weighted by Crippen LogP contribution is -2.28. The molecule has 3 amide bonds. The summed E-state index contributed by atoms with van der Waals surface area (Å²) in [5.74, 6) is -0.201. The van der Waals surface area contributed by atoms with Crippen molar-refractivity contribution in [3.05, 3.63) is 59.7 Å². The van der Waals surface area contributed by atoms with E-state index < -0.39 is 23.9 Å². The summed E-state index contributed by atoms with van der Waals surface area (Å²) in [6.45, 7) is 0.756. The summed E-state index contributed by atoms with van der Waals surface area (Å²) in [5, 5.41) is 7.87. The standard InChI is InChI=1S/C20H20F3N3O3/c21-20(22,23)14-6-8-15(9-7-14)26-19(28)24-12-13-3-1-4-16(11-13)25-18(27)17-5-2-10-29-17/h1,3-4,6-9,11,17H,2,5,10,12H2,(H,25,27)(H2,24,26,28). The summed E-state index contributed by atoms with van der Waals surface area (Å²) in [5.41, 5.74) is 0.795. The van der Waals surface area contributed by atoms with E-state index in [1.54, 1.807) is 24.3 Å². The predicted molar refractivity (Wildman–Crippen MR) is 101 cm³/mol. The Kier molecular flexibility index (Phi) is 6.38. The highest BCUT2D eigenvalue weighted by Crippen LogP contribution is 2.29. The van der Waals surface area contributed by atoms with Crippen molar-refractivity contribution in [3.8, 4) is 0 Å². The lowest BCUT2D eigenvalue weighted by atomic mass is 10.2. The van der Waals surface area contributed by atoms with E-state index in [2.05, 4.69) is 16.0 Å². The lowest BCUT2D eigenvalue weighted by Gasteiger charge is -2.12. The van der Waals surface area contributed by atoms with Crippen LogP contribution in [0.5, 0.6) is 0 Å². The number of anilines is 2. The highest BCUT2D eigenvalue weighted by atomic mass is 19.4. The molecule has 1 aliphatic heterocycles. The van der Waals surface area contributed by atoms with Gasteiger partial charge in [-0.05, 0) is 54.8 Å². The molecule has 0 aromatic heterocycles. The van der Waals surface area contributed by atoms with Crippen molar-refractivity contribution in [1.82, 2.24) is 5.32 Å². The maximum Gasteiger partial charge on any atom is 0.416 e. The summed E-state index contributed by atoms with van der Waals surface area (Å²) >= 11 is 0. The molecule has 1 heterocycles. The number of ether oxygens (including phenoxy) is 1. The lowest BCUT2D eigenvalue weighted by molar-refractivity contribution is -0.137. The van der Waals surface area contributed by atoms with Crippen molar-refractivity contribution < 1.29 is 27.5 Å². The molecule has 0 saturated carbocycles. The zero-order valence-electron chi connectivity index (χ0n) is 15.4. The van der Waals surface area contributed by atoms with Gasteiger partial charge in [-0.25, -0.2) is 4.79 Å². The molecule has 29 heavy (non-hydrogen) atoms. The van der Waals surface area contributed by atoms with Gasteiger partial charge in [0, 0.05) is 24.5 Å². The number of benzene rings is 2. The molecule has 0 spiro atoms. The average Bonchev–Trinajstić information content (AvgIpc) is 3.21. The first kappa shape index (κ1) is 20.7. The Bertz CT molecular complexity index is 863. The van der Waals surface area contributed by atoms with E-state index in [0.29, 0.717) is 18.7 Å². The van der Waals surface area contributed by atoms with E-state index in [1.807, 2.05) is 0 Å². The maximum absolute atomic E-state index is 12.6. The monoisotopic (exact) mass is 407 g/mol. The number of amides is 3. The van der Waals surface area contributed by atoms with Crippen LogP contribution >= 0.6 is 0 Å². The molecular formula is C20H20F3N3O3. The highest BCUT2D eigenvalue weighted by Gasteiger charge is 2.30. The van der Waals surface area contributed by atoms with Crippen LogP contribution in [-0.4, -0.2) is 24.6 Å². The summed E-state index contributed by atoms with van der Waals surface area (Å²) in [7, 11) is 0. The van der Waals surface area contributed by atoms with E-state index >= 15 is 0 Å². The molecule has 2 aromatic carbocycles. The Hall–Kier alpha value is -3.07. The van der Waals surface area contributed by atoms with E-state index in [1.165, 1.54) is 12.1 Å². The van der Waals surface area contributed by atoms with Crippen molar-refractivity contribution in [1.29, 1.82) is 0 Å². The normalized spacial score (nSPS) is 16.3. The van der Waals surface area contributed by atoms with Gasteiger partial charge in [0.05, 0.1) is 5.56 Å². The summed E-state index contributed by atoms with van der Waals surface area (Å²) in [6.07, 6.45) is -3.32. The molecule has 1 fully saturated rings. The molecule has 3 rings (SSSR count). The van der Waals surface area contributed by atoms with Gasteiger partial charge < -0.3 is 20.7 Å². The van der Waals surface area contributed by atoms with Crippen molar-refractivity contribution in [3.63, 3.8) is 0 Å². The van der Waals surface area contributed by atoms with Gasteiger partial charge in [-0.2, -0.15) is 13.2 Å². The third-order valence-electron chi connectivity index (χ3n) is 4.34. The Morgan fingerprint density at radius 2 is 1.79 bits per heavy atom. The van der Waals surface area contributed by atoms with Gasteiger partial charge in [0.25, 0.3) is 5.91 Å². The van der Waals surface area contributed by atoms with Gasteiger partial charge in [0.15, 0.2) is 0 Å². The van der Waals surface area contributed by atoms with Gasteiger partial charge >= 0.3 is 12.2 Å². The van der Waals surface area contributed by atoms with Crippen LogP contribution < -0.4 is 16.0 Å². The number of carbonyl (C=O) groups is 2. The second-order valence-electron chi connectivity index (χ2n) is 6.57. The molecule has 1 saturated heterocycles. The minimum absolute atomic E-state index is 0.177. The fraction of sp³-hybridized carbons (Fsp3) is 0.300. The maximum atomic E-state index is 12.6. The Morgan fingerprint density at radius 3 is 2.45 bits per heavy atom. The topological polar surface area (TPSA) is 79.5 Å².